The molecule has 0 atom stereocenters. The Balaban J connectivity index is 2.76. The molecule has 1 aromatic heterocycles. The Morgan fingerprint density at radius 3 is 2.92 bits per heavy atom. The second-order valence-electron chi connectivity index (χ2n) is 2.47. The molecule has 1 heterocycles. The number of aromatic nitrogens is 2. The van der Waals surface area contributed by atoms with Gasteiger partial charge < -0.3 is 4.98 Å². The smallest absolute Gasteiger partial charge is 0.314 e. The molecule has 1 N–H and O–H groups in total. The van der Waals surface area contributed by atoms with E-state index in [1.807, 2.05) is 6.92 Å². The Labute approximate surface area is 80.0 Å². The molecule has 0 aliphatic heterocycles. The molecular weight excluding hydrogens is 188 g/mol. The molecule has 0 saturated heterocycles. The van der Waals surface area contributed by atoms with Crippen molar-refractivity contribution >= 4 is 11.8 Å². The number of thioether (sulfide) groups is 1. The second-order valence-corrected chi connectivity index (χ2v) is 3.86. The third kappa shape index (κ3) is 2.77. The standard InChI is InChI=1S/C8H12N2O2S/c1-2-13-6-5-10-7(11)3-4-9-8(10)12/h3-4H,2,5-6H2,1H3,(H,9,12). The van der Waals surface area contributed by atoms with Gasteiger partial charge in [-0.3, -0.25) is 9.36 Å². The van der Waals surface area contributed by atoms with E-state index < -0.39 is 0 Å². The minimum absolute atomic E-state index is 0.236. The van der Waals surface area contributed by atoms with Gasteiger partial charge in [0.2, 0.25) is 0 Å². The lowest BCUT2D eigenvalue weighted by atomic mass is 10.6. The van der Waals surface area contributed by atoms with E-state index in [2.05, 4.69) is 4.98 Å². The molecule has 1 rings (SSSR count). The highest BCUT2D eigenvalue weighted by molar-refractivity contribution is 7.99. The van der Waals surface area contributed by atoms with Crippen LogP contribution in [0.4, 0.5) is 0 Å². The predicted molar refractivity (Wildman–Crippen MR) is 54.3 cm³/mol. The maximum Gasteiger partial charge on any atom is 0.328 e. The first-order valence-corrected chi connectivity index (χ1v) is 5.27. The first-order chi connectivity index (χ1) is 6.25. The molecule has 0 unspecified atom stereocenters. The van der Waals surface area contributed by atoms with Gasteiger partial charge in [0, 0.05) is 24.6 Å². The van der Waals surface area contributed by atoms with Gasteiger partial charge in [-0.05, 0) is 5.75 Å². The molecule has 0 saturated carbocycles. The molecule has 4 nitrogen and oxygen atoms in total. The number of hydrogen-bond acceptors (Lipinski definition) is 3. The van der Waals surface area contributed by atoms with Crippen molar-refractivity contribution in [3.63, 3.8) is 0 Å². The van der Waals surface area contributed by atoms with Crippen LogP contribution in [0, 0.1) is 0 Å². The molecule has 0 spiro atoms. The molecular formula is C8H12N2O2S. The van der Waals surface area contributed by atoms with Gasteiger partial charge >= 0.3 is 5.69 Å². The van der Waals surface area contributed by atoms with Gasteiger partial charge in [0.1, 0.15) is 0 Å². The average molecular weight is 200 g/mol. The van der Waals surface area contributed by atoms with Crippen LogP contribution in [0.2, 0.25) is 0 Å². The molecule has 0 fully saturated rings. The van der Waals surface area contributed by atoms with Crippen LogP contribution in [0.5, 0.6) is 0 Å². The van der Waals surface area contributed by atoms with Crippen LogP contribution in [0.1, 0.15) is 6.92 Å². The van der Waals surface area contributed by atoms with Crippen molar-refractivity contribution in [3.8, 4) is 0 Å². The first-order valence-electron chi connectivity index (χ1n) is 4.12. The lowest BCUT2D eigenvalue weighted by Crippen LogP contribution is -2.34. The van der Waals surface area contributed by atoms with Gasteiger partial charge in [0.25, 0.3) is 5.56 Å². The van der Waals surface area contributed by atoms with Gasteiger partial charge in [0.15, 0.2) is 0 Å². The molecule has 0 amide bonds. The lowest BCUT2D eigenvalue weighted by molar-refractivity contribution is 0.679. The number of nitrogens with one attached hydrogen (secondary N) is 1. The SMILES string of the molecule is CCSCCn1c(=O)cc[nH]c1=O. The molecule has 0 aromatic carbocycles. The monoisotopic (exact) mass is 200 g/mol. The highest BCUT2D eigenvalue weighted by Crippen LogP contribution is 1.96. The summed E-state index contributed by atoms with van der Waals surface area (Å²) in [6.45, 7) is 2.52. The van der Waals surface area contributed by atoms with E-state index in [9.17, 15) is 9.59 Å². The summed E-state index contributed by atoms with van der Waals surface area (Å²) < 4.78 is 1.21. The summed E-state index contributed by atoms with van der Waals surface area (Å²) in [5.74, 6) is 1.79. The fraction of sp³-hybridized carbons (Fsp3) is 0.500. The molecule has 0 radical (unpaired) electrons. The second kappa shape index (κ2) is 4.91. The third-order valence-corrected chi connectivity index (χ3v) is 2.49. The normalized spacial score (nSPS) is 10.2. The van der Waals surface area contributed by atoms with E-state index in [4.69, 9.17) is 0 Å². The van der Waals surface area contributed by atoms with E-state index in [0.717, 1.165) is 11.5 Å². The number of rotatable bonds is 4. The Morgan fingerprint density at radius 1 is 1.54 bits per heavy atom. The molecule has 1 aromatic rings. The van der Waals surface area contributed by atoms with Crippen LogP contribution < -0.4 is 11.2 Å². The van der Waals surface area contributed by atoms with Gasteiger partial charge in [-0.25, -0.2) is 4.79 Å². The molecule has 0 aliphatic carbocycles. The zero-order chi connectivity index (χ0) is 9.68. The molecule has 72 valence electrons. The maximum atomic E-state index is 11.2. The number of H-pyrrole nitrogens is 1. The van der Waals surface area contributed by atoms with Crippen molar-refractivity contribution in [2.24, 2.45) is 0 Å². The van der Waals surface area contributed by atoms with E-state index in [-0.39, 0.29) is 11.2 Å². The van der Waals surface area contributed by atoms with Crippen molar-refractivity contribution in [1.82, 2.24) is 9.55 Å². The summed E-state index contributed by atoms with van der Waals surface area (Å²) in [5, 5.41) is 0. The average Bonchev–Trinajstić information content (AvgIpc) is 2.10. The van der Waals surface area contributed by atoms with E-state index in [1.165, 1.54) is 16.8 Å². The highest BCUT2D eigenvalue weighted by Gasteiger charge is 1.98. The zero-order valence-corrected chi connectivity index (χ0v) is 8.26. The van der Waals surface area contributed by atoms with Crippen LogP contribution >= 0.6 is 11.8 Å². The minimum Gasteiger partial charge on any atom is -0.314 e. The van der Waals surface area contributed by atoms with Crippen molar-refractivity contribution in [3.05, 3.63) is 33.1 Å². The van der Waals surface area contributed by atoms with Crippen molar-refractivity contribution < 1.29 is 0 Å². The summed E-state index contributed by atoms with van der Waals surface area (Å²) in [6.07, 6.45) is 1.37. The largest absolute Gasteiger partial charge is 0.328 e. The summed E-state index contributed by atoms with van der Waals surface area (Å²) in [4.78, 5) is 24.8. The quantitative estimate of drug-likeness (QED) is 0.711. The lowest BCUT2D eigenvalue weighted by Gasteiger charge is -2.01. The fourth-order valence-corrected chi connectivity index (χ4v) is 1.56. The first kappa shape index (κ1) is 10.1. The summed E-state index contributed by atoms with van der Waals surface area (Å²) in [7, 11) is 0. The third-order valence-electron chi connectivity index (χ3n) is 1.61. The summed E-state index contributed by atoms with van der Waals surface area (Å²) in [6, 6.07) is 1.36. The van der Waals surface area contributed by atoms with Gasteiger partial charge in [-0.2, -0.15) is 11.8 Å². The molecule has 13 heavy (non-hydrogen) atoms. The molecule has 5 heteroatoms. The fourth-order valence-electron chi connectivity index (χ4n) is 0.964. The van der Waals surface area contributed by atoms with Gasteiger partial charge in [0.05, 0.1) is 0 Å². The van der Waals surface area contributed by atoms with Gasteiger partial charge in [-0.15, -0.1) is 0 Å². The Hall–Kier alpha value is -0.970. The maximum absolute atomic E-state index is 11.2. The van der Waals surface area contributed by atoms with Crippen LogP contribution in [0.25, 0.3) is 0 Å². The highest BCUT2D eigenvalue weighted by atomic mass is 32.2. The predicted octanol–water partition coefficient (Wildman–Crippen LogP) is 0.290. The Bertz CT molecular complexity index is 341. The summed E-state index contributed by atoms with van der Waals surface area (Å²) >= 11 is 1.71. The van der Waals surface area contributed by atoms with Gasteiger partial charge in [-0.1, -0.05) is 6.92 Å². The number of aromatic amines is 1. The number of nitrogens with zero attached hydrogens (tertiary/aromatic N) is 1. The van der Waals surface area contributed by atoms with E-state index >= 15 is 0 Å². The van der Waals surface area contributed by atoms with Crippen molar-refractivity contribution in [1.29, 1.82) is 0 Å². The topological polar surface area (TPSA) is 54.9 Å². The molecule has 0 aliphatic rings. The Morgan fingerprint density at radius 2 is 2.31 bits per heavy atom. The van der Waals surface area contributed by atoms with E-state index in [1.54, 1.807) is 11.8 Å². The van der Waals surface area contributed by atoms with Crippen LogP contribution in [-0.4, -0.2) is 21.1 Å². The molecule has 0 bridgehead atoms. The Kier molecular flexibility index (Phi) is 3.82. The van der Waals surface area contributed by atoms with Crippen LogP contribution in [0.3, 0.4) is 0 Å². The summed E-state index contributed by atoms with van der Waals surface area (Å²) in [5.41, 5.74) is -0.565. The van der Waals surface area contributed by atoms with Crippen LogP contribution in [-0.2, 0) is 6.54 Å². The van der Waals surface area contributed by atoms with Crippen LogP contribution in [0.15, 0.2) is 21.9 Å². The number of hydrogen-bond donors (Lipinski definition) is 1. The van der Waals surface area contributed by atoms with Crippen molar-refractivity contribution in [2.45, 2.75) is 13.5 Å². The van der Waals surface area contributed by atoms with Crippen molar-refractivity contribution in [2.75, 3.05) is 11.5 Å². The van der Waals surface area contributed by atoms with E-state index in [0.29, 0.717) is 6.54 Å². The zero-order valence-electron chi connectivity index (χ0n) is 7.45. The minimum atomic E-state index is -0.329.